The molecule has 0 aliphatic carbocycles. The molecule has 208 valence electrons. The van der Waals surface area contributed by atoms with Crippen LogP contribution in [0.4, 0.5) is 17.6 Å². The highest BCUT2D eigenvalue weighted by Gasteiger charge is 2.43. The molecule has 2 aliphatic heterocycles. The first-order valence-electron chi connectivity index (χ1n) is 12.8. The molecule has 0 bridgehead atoms. The topological polar surface area (TPSA) is 70.1 Å². The third-order valence-electron chi connectivity index (χ3n) is 7.17. The maximum Gasteiger partial charge on any atom is 0.490 e. The van der Waals surface area contributed by atoms with Gasteiger partial charge in [0.15, 0.2) is 0 Å². The van der Waals surface area contributed by atoms with Crippen LogP contribution in [0.1, 0.15) is 56.6 Å². The number of hydrogen-bond acceptors (Lipinski definition) is 4. The molecule has 1 saturated heterocycles. The molecule has 4 rings (SSSR count). The number of carboxylic acid groups (broad SMARTS) is 1. The van der Waals surface area contributed by atoms with Gasteiger partial charge in [-0.05, 0) is 62.4 Å². The zero-order valence-corrected chi connectivity index (χ0v) is 21.6. The third-order valence-corrected chi connectivity index (χ3v) is 7.17. The van der Waals surface area contributed by atoms with E-state index in [0.29, 0.717) is 6.42 Å². The first-order valence-corrected chi connectivity index (χ1v) is 12.8. The maximum atomic E-state index is 13.2. The van der Waals surface area contributed by atoms with E-state index in [2.05, 4.69) is 17.0 Å². The lowest BCUT2D eigenvalue weighted by Crippen LogP contribution is -2.50. The van der Waals surface area contributed by atoms with Gasteiger partial charge in [-0.25, -0.2) is 9.18 Å². The van der Waals surface area contributed by atoms with E-state index in [9.17, 15) is 22.4 Å². The molecule has 2 aromatic rings. The van der Waals surface area contributed by atoms with Gasteiger partial charge in [0.2, 0.25) is 5.91 Å². The number of piperidine rings is 1. The molecule has 10 heteroatoms. The van der Waals surface area contributed by atoms with Crippen LogP contribution in [0.25, 0.3) is 0 Å². The Bertz CT molecular complexity index is 1080. The van der Waals surface area contributed by atoms with Crippen molar-refractivity contribution in [1.29, 1.82) is 0 Å². The van der Waals surface area contributed by atoms with Crippen molar-refractivity contribution in [3.63, 3.8) is 0 Å². The van der Waals surface area contributed by atoms with Crippen LogP contribution in [0.2, 0.25) is 0 Å². The van der Waals surface area contributed by atoms with Crippen LogP contribution in [0.3, 0.4) is 0 Å². The number of nitrogens with zero attached hydrogens (tertiary/aromatic N) is 2. The van der Waals surface area contributed by atoms with E-state index in [1.165, 1.54) is 17.7 Å². The molecule has 6 nitrogen and oxygen atoms in total. The van der Waals surface area contributed by atoms with Crippen molar-refractivity contribution in [3.05, 3.63) is 65.5 Å². The van der Waals surface area contributed by atoms with Crippen LogP contribution >= 0.6 is 0 Å². The fraction of sp³-hybridized carbons (Fsp3) is 0.500. The van der Waals surface area contributed by atoms with Crippen molar-refractivity contribution >= 4 is 11.9 Å². The minimum atomic E-state index is -5.08. The summed E-state index contributed by atoms with van der Waals surface area (Å²) in [5.41, 5.74) is 2.10. The van der Waals surface area contributed by atoms with Crippen molar-refractivity contribution in [3.8, 4) is 5.75 Å². The minimum Gasteiger partial charge on any atom is -0.487 e. The number of ether oxygens (including phenoxy) is 1. The van der Waals surface area contributed by atoms with Crippen LogP contribution < -0.4 is 4.74 Å². The van der Waals surface area contributed by atoms with Gasteiger partial charge in [-0.3, -0.25) is 9.69 Å². The van der Waals surface area contributed by atoms with Crippen LogP contribution in [-0.4, -0.2) is 64.7 Å². The third kappa shape index (κ3) is 7.69. The predicted octanol–water partition coefficient (Wildman–Crippen LogP) is 5.62. The minimum absolute atomic E-state index is 0.194. The molecule has 1 N–H and O–H groups in total. The summed E-state index contributed by atoms with van der Waals surface area (Å²) >= 11 is 0. The fourth-order valence-electron chi connectivity index (χ4n) is 5.12. The van der Waals surface area contributed by atoms with Gasteiger partial charge in [-0.15, -0.1) is 0 Å². The van der Waals surface area contributed by atoms with Gasteiger partial charge in [0.05, 0.1) is 0 Å². The molecule has 1 amide bonds. The van der Waals surface area contributed by atoms with Crippen molar-refractivity contribution in [2.24, 2.45) is 0 Å². The highest BCUT2D eigenvalue weighted by atomic mass is 19.4. The monoisotopic (exact) mass is 538 g/mol. The standard InChI is InChI=1S/C26H33FN2O2.C2HF3O2/c1-3-29(4-2)25(30)17-21-18-26(31-24-8-6-5-7-23(21)24)13-15-28(16-14-26)19-20-9-11-22(27)12-10-20;3-2(4,5)1(6)7/h5-12,21H,3-4,13-19H2,1-2H3;(H,6,7). The number of hydrogen-bond donors (Lipinski definition) is 1. The van der Waals surface area contributed by atoms with E-state index in [-0.39, 0.29) is 23.2 Å². The molecule has 2 aromatic carbocycles. The summed E-state index contributed by atoms with van der Waals surface area (Å²) in [6, 6.07) is 15.0. The maximum absolute atomic E-state index is 13.2. The van der Waals surface area contributed by atoms with Gasteiger partial charge < -0.3 is 14.7 Å². The normalized spacial score (nSPS) is 18.5. The van der Waals surface area contributed by atoms with Gasteiger partial charge >= 0.3 is 12.1 Å². The van der Waals surface area contributed by atoms with Crippen LogP contribution in [0, 0.1) is 5.82 Å². The number of benzene rings is 2. The number of para-hydroxylation sites is 1. The Kier molecular flexibility index (Phi) is 9.76. The molecule has 0 saturated carbocycles. The summed E-state index contributed by atoms with van der Waals surface area (Å²) in [4.78, 5) is 26.1. The van der Waals surface area contributed by atoms with Gasteiger partial charge in [0, 0.05) is 45.1 Å². The molecule has 1 atom stereocenters. The summed E-state index contributed by atoms with van der Waals surface area (Å²) < 4.78 is 51.5. The molecule has 2 aliphatic rings. The SMILES string of the molecule is CCN(CC)C(=O)CC1CC2(CCN(Cc3ccc(F)cc3)CC2)Oc2ccccc21.O=C(O)C(F)(F)F. The van der Waals surface area contributed by atoms with E-state index in [0.717, 1.165) is 63.3 Å². The lowest BCUT2D eigenvalue weighted by atomic mass is 9.76. The number of aliphatic carboxylic acids is 1. The summed E-state index contributed by atoms with van der Waals surface area (Å²) in [6.07, 6.45) is -1.76. The first kappa shape index (κ1) is 29.4. The van der Waals surface area contributed by atoms with Crippen LogP contribution in [0.15, 0.2) is 48.5 Å². The number of carbonyl (C=O) groups is 2. The van der Waals surface area contributed by atoms with Crippen LogP contribution in [-0.2, 0) is 16.1 Å². The molecule has 1 unspecified atom stereocenters. The molecule has 1 fully saturated rings. The lowest BCUT2D eigenvalue weighted by molar-refractivity contribution is -0.192. The highest BCUT2D eigenvalue weighted by Crippen LogP contribution is 2.46. The smallest absolute Gasteiger partial charge is 0.487 e. The molecular formula is C28H34F4N2O4. The molecular weight excluding hydrogens is 504 g/mol. The van der Waals surface area contributed by atoms with Crippen molar-refractivity contribution in [2.75, 3.05) is 26.2 Å². The van der Waals surface area contributed by atoms with Crippen LogP contribution in [0.5, 0.6) is 5.75 Å². The Hall–Kier alpha value is -3.14. The number of fused-ring (bicyclic) bond motifs is 1. The molecule has 1 spiro atoms. The zero-order valence-electron chi connectivity index (χ0n) is 21.6. The summed E-state index contributed by atoms with van der Waals surface area (Å²) in [5, 5.41) is 7.12. The largest absolute Gasteiger partial charge is 0.490 e. The number of amides is 1. The second-order valence-corrected chi connectivity index (χ2v) is 9.70. The Morgan fingerprint density at radius 2 is 1.63 bits per heavy atom. The first-order chi connectivity index (χ1) is 18.0. The lowest BCUT2D eigenvalue weighted by Gasteiger charge is -2.47. The van der Waals surface area contributed by atoms with Crippen molar-refractivity contribution < 1.29 is 37.0 Å². The second-order valence-electron chi connectivity index (χ2n) is 9.70. The summed E-state index contributed by atoms with van der Waals surface area (Å²) in [5.74, 6) is -1.58. The van der Waals surface area contributed by atoms with Gasteiger partial charge in [0.25, 0.3) is 0 Å². The van der Waals surface area contributed by atoms with E-state index in [4.69, 9.17) is 14.6 Å². The van der Waals surface area contributed by atoms with Crippen molar-refractivity contribution in [2.45, 2.75) is 63.8 Å². The van der Waals surface area contributed by atoms with E-state index >= 15 is 0 Å². The Labute approximate surface area is 220 Å². The number of likely N-dealkylation sites (tertiary alicyclic amines) is 1. The quantitative estimate of drug-likeness (QED) is 0.484. The number of halogens is 4. The van der Waals surface area contributed by atoms with Gasteiger partial charge in [-0.1, -0.05) is 30.3 Å². The average molecular weight is 539 g/mol. The number of alkyl halides is 3. The summed E-state index contributed by atoms with van der Waals surface area (Å²) in [7, 11) is 0. The predicted molar refractivity (Wildman–Crippen MR) is 134 cm³/mol. The Morgan fingerprint density at radius 1 is 1.05 bits per heavy atom. The van der Waals surface area contributed by atoms with Crippen molar-refractivity contribution in [1.82, 2.24) is 9.80 Å². The number of carboxylic acids is 1. The second kappa shape index (κ2) is 12.6. The number of carbonyl (C=O) groups excluding carboxylic acids is 1. The fourth-order valence-corrected chi connectivity index (χ4v) is 5.12. The summed E-state index contributed by atoms with van der Waals surface area (Å²) in [6.45, 7) is 8.30. The molecule has 2 heterocycles. The van der Waals surface area contributed by atoms with E-state index in [1.54, 1.807) is 0 Å². The Morgan fingerprint density at radius 3 is 2.18 bits per heavy atom. The highest BCUT2D eigenvalue weighted by molar-refractivity contribution is 5.77. The Balaban J connectivity index is 0.000000505. The average Bonchev–Trinajstić information content (AvgIpc) is 2.87. The van der Waals surface area contributed by atoms with E-state index in [1.807, 2.05) is 43.0 Å². The van der Waals surface area contributed by atoms with E-state index < -0.39 is 12.1 Å². The zero-order chi connectivity index (χ0) is 27.9. The molecule has 38 heavy (non-hydrogen) atoms. The molecule has 0 radical (unpaired) electrons. The van der Waals surface area contributed by atoms with Gasteiger partial charge in [-0.2, -0.15) is 13.2 Å². The van der Waals surface area contributed by atoms with Gasteiger partial charge in [0.1, 0.15) is 17.2 Å². The number of rotatable bonds is 6. The molecule has 0 aromatic heterocycles.